The van der Waals surface area contributed by atoms with E-state index in [0.717, 1.165) is 11.1 Å². The van der Waals surface area contributed by atoms with Gasteiger partial charge in [-0.1, -0.05) is 65.2 Å². The predicted octanol–water partition coefficient (Wildman–Crippen LogP) is 5.82. The Morgan fingerprint density at radius 1 is 0.765 bits per heavy atom. The molecule has 0 amide bonds. The second kappa shape index (κ2) is 5.59. The maximum absolute atomic E-state index is 6.07. The molecule has 0 atom stereocenters. The van der Waals surface area contributed by atoms with E-state index in [1.54, 1.807) is 6.07 Å². The number of halogens is 3. The van der Waals surface area contributed by atoms with Crippen molar-refractivity contribution in [3.8, 4) is 0 Å². The molecule has 3 heteroatoms. The third-order valence-corrected chi connectivity index (χ3v) is 3.06. The van der Waals surface area contributed by atoms with Crippen molar-refractivity contribution in [3.05, 3.63) is 68.7 Å². The van der Waals surface area contributed by atoms with Gasteiger partial charge in [-0.2, -0.15) is 0 Å². The van der Waals surface area contributed by atoms with Gasteiger partial charge in [0.05, 0.1) is 0 Å². The van der Waals surface area contributed by atoms with E-state index in [9.17, 15) is 0 Å². The van der Waals surface area contributed by atoms with Crippen LogP contribution >= 0.6 is 34.8 Å². The van der Waals surface area contributed by atoms with Gasteiger partial charge in [0.2, 0.25) is 0 Å². The lowest BCUT2D eigenvalue weighted by atomic mass is 10.1. The van der Waals surface area contributed by atoms with E-state index < -0.39 is 0 Å². The van der Waals surface area contributed by atoms with Crippen molar-refractivity contribution >= 4 is 47.0 Å². The summed E-state index contributed by atoms with van der Waals surface area (Å²) in [6.45, 7) is 0. The highest BCUT2D eigenvalue weighted by Crippen LogP contribution is 2.23. The molecule has 0 saturated carbocycles. The quantitative estimate of drug-likeness (QED) is 0.609. The van der Waals surface area contributed by atoms with E-state index >= 15 is 0 Å². The fourth-order valence-electron chi connectivity index (χ4n) is 1.43. The first kappa shape index (κ1) is 12.5. The summed E-state index contributed by atoms with van der Waals surface area (Å²) in [6.07, 6.45) is 3.89. The molecule has 0 heterocycles. The molecular weight excluding hydrogens is 275 g/mol. The summed E-state index contributed by atoms with van der Waals surface area (Å²) in [7, 11) is 0. The summed E-state index contributed by atoms with van der Waals surface area (Å²) in [5.41, 5.74) is 1.96. The Hall–Kier alpha value is -0.950. The van der Waals surface area contributed by atoms with Crippen LogP contribution in [-0.2, 0) is 0 Å². The van der Waals surface area contributed by atoms with E-state index in [1.165, 1.54) is 0 Å². The highest BCUT2D eigenvalue weighted by molar-refractivity contribution is 6.35. The minimum Gasteiger partial charge on any atom is -0.0843 e. The van der Waals surface area contributed by atoms with Crippen LogP contribution in [0, 0.1) is 0 Å². The van der Waals surface area contributed by atoms with Crippen LogP contribution in [0.5, 0.6) is 0 Å². The lowest BCUT2D eigenvalue weighted by molar-refractivity contribution is 1.64. The first-order valence-corrected chi connectivity index (χ1v) is 6.17. The third kappa shape index (κ3) is 3.50. The molecule has 2 aromatic rings. The van der Waals surface area contributed by atoms with Crippen molar-refractivity contribution in [1.82, 2.24) is 0 Å². The molecule has 0 unspecified atom stereocenters. The number of hydrogen-bond donors (Lipinski definition) is 0. The lowest BCUT2D eigenvalue weighted by Crippen LogP contribution is -1.76. The van der Waals surface area contributed by atoms with Crippen molar-refractivity contribution in [2.24, 2.45) is 0 Å². The Bertz CT molecular complexity index is 559. The summed E-state index contributed by atoms with van der Waals surface area (Å²) in [5, 5.41) is 1.99. The maximum atomic E-state index is 6.07. The summed E-state index contributed by atoms with van der Waals surface area (Å²) in [6, 6.07) is 13.0. The molecule has 0 N–H and O–H groups in total. The normalized spacial score (nSPS) is 11.0. The van der Waals surface area contributed by atoms with Gasteiger partial charge in [-0.15, -0.1) is 0 Å². The van der Waals surface area contributed by atoms with Crippen LogP contribution in [0.1, 0.15) is 11.1 Å². The zero-order valence-electron chi connectivity index (χ0n) is 8.83. The van der Waals surface area contributed by atoms with Gasteiger partial charge < -0.3 is 0 Å². The Balaban J connectivity index is 2.26. The van der Waals surface area contributed by atoms with Gasteiger partial charge >= 0.3 is 0 Å². The standard InChI is InChI=1S/C14H9Cl3/c15-12-3-1-2-10(8-12)4-5-11-6-7-13(16)9-14(11)17/h1-9H/b5-4+. The molecule has 0 bridgehead atoms. The Kier molecular flexibility index (Phi) is 4.11. The summed E-state index contributed by atoms with van der Waals surface area (Å²) < 4.78 is 0. The minimum atomic E-state index is 0.634. The van der Waals surface area contributed by atoms with Crippen molar-refractivity contribution in [3.63, 3.8) is 0 Å². The summed E-state index contributed by atoms with van der Waals surface area (Å²) >= 11 is 17.8. The van der Waals surface area contributed by atoms with Crippen molar-refractivity contribution in [1.29, 1.82) is 0 Å². The van der Waals surface area contributed by atoms with Gasteiger partial charge in [0.15, 0.2) is 0 Å². The molecule has 0 saturated heterocycles. The third-order valence-electron chi connectivity index (χ3n) is 2.27. The molecular formula is C14H9Cl3. The smallest absolute Gasteiger partial charge is 0.0493 e. The first-order chi connectivity index (χ1) is 8.15. The van der Waals surface area contributed by atoms with Gasteiger partial charge in [0.1, 0.15) is 0 Å². The van der Waals surface area contributed by atoms with E-state index in [2.05, 4.69) is 0 Å². The number of hydrogen-bond acceptors (Lipinski definition) is 0. The molecule has 17 heavy (non-hydrogen) atoms. The Morgan fingerprint density at radius 3 is 2.24 bits per heavy atom. The molecule has 0 aliphatic heterocycles. The largest absolute Gasteiger partial charge is 0.0843 e. The molecule has 0 aliphatic carbocycles. The molecule has 86 valence electrons. The number of rotatable bonds is 2. The van der Waals surface area contributed by atoms with Crippen molar-refractivity contribution in [2.45, 2.75) is 0 Å². The average molecular weight is 284 g/mol. The van der Waals surface area contributed by atoms with Crippen LogP contribution in [0.4, 0.5) is 0 Å². The fraction of sp³-hybridized carbons (Fsp3) is 0. The highest BCUT2D eigenvalue weighted by atomic mass is 35.5. The molecule has 0 aliphatic rings. The SMILES string of the molecule is Clc1cccc(/C=C/c2ccc(Cl)cc2Cl)c1. The highest BCUT2D eigenvalue weighted by Gasteiger charge is 1.97. The summed E-state index contributed by atoms with van der Waals surface area (Å²) in [5.74, 6) is 0. The lowest BCUT2D eigenvalue weighted by Gasteiger charge is -1.99. The fourth-order valence-corrected chi connectivity index (χ4v) is 2.10. The zero-order valence-corrected chi connectivity index (χ0v) is 11.1. The van der Waals surface area contributed by atoms with E-state index in [1.807, 2.05) is 48.6 Å². The van der Waals surface area contributed by atoms with Crippen LogP contribution in [-0.4, -0.2) is 0 Å². The van der Waals surface area contributed by atoms with Gasteiger partial charge in [0, 0.05) is 15.1 Å². The molecule has 0 fully saturated rings. The maximum Gasteiger partial charge on any atom is 0.0493 e. The number of benzene rings is 2. The molecule has 0 radical (unpaired) electrons. The Labute approximate surface area is 115 Å². The van der Waals surface area contributed by atoms with E-state index in [0.29, 0.717) is 15.1 Å². The van der Waals surface area contributed by atoms with Crippen LogP contribution in [0.15, 0.2) is 42.5 Å². The van der Waals surface area contributed by atoms with Crippen molar-refractivity contribution in [2.75, 3.05) is 0 Å². The van der Waals surface area contributed by atoms with Gasteiger partial charge in [-0.3, -0.25) is 0 Å². The van der Waals surface area contributed by atoms with Crippen LogP contribution in [0.2, 0.25) is 15.1 Å². The zero-order chi connectivity index (χ0) is 12.3. The van der Waals surface area contributed by atoms with Crippen LogP contribution < -0.4 is 0 Å². The van der Waals surface area contributed by atoms with Gasteiger partial charge in [-0.05, 0) is 35.4 Å². The van der Waals surface area contributed by atoms with Crippen molar-refractivity contribution < 1.29 is 0 Å². The predicted molar refractivity (Wildman–Crippen MR) is 76.8 cm³/mol. The molecule has 2 rings (SSSR count). The minimum absolute atomic E-state index is 0.634. The van der Waals surface area contributed by atoms with Crippen LogP contribution in [0.25, 0.3) is 12.2 Å². The Morgan fingerprint density at radius 2 is 1.53 bits per heavy atom. The van der Waals surface area contributed by atoms with E-state index in [-0.39, 0.29) is 0 Å². The monoisotopic (exact) mass is 282 g/mol. The van der Waals surface area contributed by atoms with Gasteiger partial charge in [0.25, 0.3) is 0 Å². The topological polar surface area (TPSA) is 0 Å². The average Bonchev–Trinajstić information content (AvgIpc) is 2.28. The van der Waals surface area contributed by atoms with Gasteiger partial charge in [-0.25, -0.2) is 0 Å². The molecule has 0 nitrogen and oxygen atoms in total. The molecule has 2 aromatic carbocycles. The van der Waals surface area contributed by atoms with Crippen LogP contribution in [0.3, 0.4) is 0 Å². The molecule has 0 spiro atoms. The van der Waals surface area contributed by atoms with E-state index in [4.69, 9.17) is 34.8 Å². The second-order valence-corrected chi connectivity index (χ2v) is 4.83. The molecule has 0 aromatic heterocycles. The first-order valence-electron chi connectivity index (χ1n) is 5.04. The summed E-state index contributed by atoms with van der Waals surface area (Å²) in [4.78, 5) is 0. The second-order valence-electron chi connectivity index (χ2n) is 3.55.